The van der Waals surface area contributed by atoms with Crippen molar-refractivity contribution >= 4 is 48.1 Å². The van der Waals surface area contributed by atoms with E-state index in [4.69, 9.17) is 17.0 Å². The van der Waals surface area contributed by atoms with Gasteiger partial charge < -0.3 is 0 Å². The fraction of sp³-hybridized carbons (Fsp3) is 0.375. The maximum absolute atomic E-state index is 4.93. The Labute approximate surface area is 338 Å². The Morgan fingerprint density at radius 2 is 0.769 bits per heavy atom. The van der Waals surface area contributed by atoms with Gasteiger partial charge in [-0.05, 0) is 62.5 Å². The summed E-state index contributed by atoms with van der Waals surface area (Å²) in [5, 5.41) is 5.55. The molecular weight excluding hydrogens is 767 g/mol. The van der Waals surface area contributed by atoms with Crippen molar-refractivity contribution < 1.29 is 20.8 Å². The minimum absolute atomic E-state index is 0.521. The van der Waals surface area contributed by atoms with Crippen LogP contribution in [0.25, 0.3) is 43.8 Å². The number of hydrogen-bond donors (Lipinski definition) is 0. The third-order valence-electron chi connectivity index (χ3n) is 9.49. The van der Waals surface area contributed by atoms with E-state index in [9.17, 15) is 0 Å². The Morgan fingerprint density at radius 1 is 0.481 bits per heavy atom. The number of aryl methyl sites for hydroxylation is 4. The molecule has 0 nitrogen and oxygen atoms in total. The SMILES string of the molecule is C[Si]C.Cc1cc(C)cc(-c2c(C(C)C)ccc3[cH-]c(C(C)C)cc23)c1.Cc1cc(C)cc(-c2c(C(C)C)ccc3[cH-]c(C(C)C)cc23)c1.[Cl][Zr+2][Cl]. The minimum atomic E-state index is -0.826. The van der Waals surface area contributed by atoms with E-state index in [0.29, 0.717) is 23.7 Å². The zero-order valence-corrected chi connectivity index (χ0v) is 39.1. The third kappa shape index (κ3) is 11.4. The normalized spacial score (nSPS) is 11.0. The molecule has 0 bridgehead atoms. The van der Waals surface area contributed by atoms with E-state index >= 15 is 0 Å². The predicted octanol–water partition coefficient (Wildman–Crippen LogP) is 16.3. The van der Waals surface area contributed by atoms with Gasteiger partial charge in [0.15, 0.2) is 0 Å². The molecule has 0 aromatic heterocycles. The van der Waals surface area contributed by atoms with Crippen LogP contribution >= 0.6 is 17.0 Å². The third-order valence-corrected chi connectivity index (χ3v) is 9.49. The molecule has 4 heteroatoms. The van der Waals surface area contributed by atoms with E-state index < -0.39 is 20.8 Å². The van der Waals surface area contributed by atoms with Crippen LogP contribution in [0.5, 0.6) is 0 Å². The van der Waals surface area contributed by atoms with Crippen molar-refractivity contribution in [3.8, 4) is 22.3 Å². The summed E-state index contributed by atoms with van der Waals surface area (Å²) in [6, 6.07) is 32.6. The summed E-state index contributed by atoms with van der Waals surface area (Å²) in [6.45, 7) is 31.3. The first-order valence-electron chi connectivity index (χ1n) is 18.7. The van der Waals surface area contributed by atoms with Gasteiger partial charge in [-0.2, -0.15) is 12.1 Å². The van der Waals surface area contributed by atoms with Gasteiger partial charge in [0.05, 0.1) is 0 Å². The second-order valence-electron chi connectivity index (χ2n) is 15.6. The summed E-state index contributed by atoms with van der Waals surface area (Å²) in [4.78, 5) is 0. The molecule has 0 amide bonds. The standard InChI is InChI=1S/2C23H27.C2H6Si.2ClH.Zr/c2*1-14(2)19-12-18-7-8-21(15(3)4)23(22(18)13-19)20-10-16(5)9-17(6)11-20;1-3-2;;;/h2*7-15H,1-6H3;1-2H3;2*1H;/q2*-1;;;;+4/p-2. The van der Waals surface area contributed by atoms with Crippen LogP contribution in [0.4, 0.5) is 0 Å². The van der Waals surface area contributed by atoms with E-state index in [1.807, 2.05) is 0 Å². The molecule has 0 saturated heterocycles. The van der Waals surface area contributed by atoms with Crippen LogP contribution in [-0.4, -0.2) is 9.52 Å². The van der Waals surface area contributed by atoms with Gasteiger partial charge in [0.25, 0.3) is 0 Å². The van der Waals surface area contributed by atoms with Crippen molar-refractivity contribution in [2.45, 2.75) is 120 Å². The first kappa shape index (κ1) is 44.2. The Morgan fingerprint density at radius 3 is 1.02 bits per heavy atom. The van der Waals surface area contributed by atoms with Crippen LogP contribution in [0, 0.1) is 27.7 Å². The maximum atomic E-state index is 4.93. The molecule has 0 aliphatic carbocycles. The molecule has 6 aromatic carbocycles. The van der Waals surface area contributed by atoms with Crippen LogP contribution in [0.1, 0.15) is 124 Å². The molecule has 0 heterocycles. The molecule has 6 rings (SSSR count). The van der Waals surface area contributed by atoms with Crippen LogP contribution < -0.4 is 0 Å². The Kier molecular flexibility index (Phi) is 17.4. The molecule has 0 aliphatic rings. The first-order valence-corrected chi connectivity index (χ1v) is 27.1. The summed E-state index contributed by atoms with van der Waals surface area (Å²) in [5.41, 5.74) is 16.7. The second kappa shape index (κ2) is 20.5. The molecule has 0 unspecified atom stereocenters. The average Bonchev–Trinajstić information content (AvgIpc) is 3.69. The van der Waals surface area contributed by atoms with Crippen molar-refractivity contribution in [1.29, 1.82) is 0 Å². The summed E-state index contributed by atoms with van der Waals surface area (Å²) in [6.07, 6.45) is 0. The van der Waals surface area contributed by atoms with Crippen molar-refractivity contribution in [3.63, 3.8) is 0 Å². The predicted molar refractivity (Wildman–Crippen MR) is 234 cm³/mol. The zero-order valence-electron chi connectivity index (χ0n) is 34.1. The van der Waals surface area contributed by atoms with Crippen LogP contribution in [0.2, 0.25) is 13.1 Å². The molecule has 0 N–H and O–H groups in total. The number of halogens is 2. The number of rotatable bonds is 6. The van der Waals surface area contributed by atoms with Gasteiger partial charge in [-0.25, -0.2) is 0 Å². The topological polar surface area (TPSA) is 0 Å². The van der Waals surface area contributed by atoms with Gasteiger partial charge in [-0.3, -0.25) is 0 Å². The van der Waals surface area contributed by atoms with Gasteiger partial charge >= 0.3 is 37.9 Å². The van der Waals surface area contributed by atoms with Crippen LogP contribution in [0.3, 0.4) is 0 Å². The average molecular weight is 827 g/mol. The molecule has 6 aromatic rings. The number of hydrogen-bond acceptors (Lipinski definition) is 0. The van der Waals surface area contributed by atoms with Gasteiger partial charge in [-0.15, -0.1) is 69.1 Å². The number of fused-ring (bicyclic) bond motifs is 2. The molecule has 2 radical (unpaired) electrons. The van der Waals surface area contributed by atoms with Gasteiger partial charge in [-0.1, -0.05) is 149 Å². The van der Waals surface area contributed by atoms with E-state index in [1.165, 1.54) is 88.3 Å². The zero-order chi connectivity index (χ0) is 38.9. The molecule has 0 atom stereocenters. The van der Waals surface area contributed by atoms with Gasteiger partial charge in [0, 0.05) is 9.52 Å². The van der Waals surface area contributed by atoms with Gasteiger partial charge in [0.2, 0.25) is 0 Å². The van der Waals surface area contributed by atoms with E-state index in [0.717, 1.165) is 9.52 Å². The van der Waals surface area contributed by atoms with Crippen molar-refractivity contribution in [2.75, 3.05) is 0 Å². The van der Waals surface area contributed by atoms with Crippen molar-refractivity contribution in [2.24, 2.45) is 0 Å². The molecule has 274 valence electrons. The second-order valence-corrected chi connectivity index (χ2v) is 20.3. The van der Waals surface area contributed by atoms with Crippen molar-refractivity contribution in [3.05, 3.63) is 129 Å². The summed E-state index contributed by atoms with van der Waals surface area (Å²) in [5.74, 6) is 2.18. The summed E-state index contributed by atoms with van der Waals surface area (Å²) in [7, 11) is 11.0. The molecule has 0 fully saturated rings. The quantitative estimate of drug-likeness (QED) is 0.116. The molecule has 0 spiro atoms. The Hall–Kier alpha value is -2.22. The fourth-order valence-electron chi connectivity index (χ4n) is 7.15. The molecule has 0 aliphatic heterocycles. The first-order chi connectivity index (χ1) is 24.6. The summed E-state index contributed by atoms with van der Waals surface area (Å²) >= 11 is -0.826. The van der Waals surface area contributed by atoms with Gasteiger partial charge in [0.1, 0.15) is 0 Å². The summed E-state index contributed by atoms with van der Waals surface area (Å²) < 4.78 is 0. The monoisotopic (exact) mass is 824 g/mol. The van der Waals surface area contributed by atoms with Crippen LogP contribution in [0.15, 0.2) is 84.9 Å². The van der Waals surface area contributed by atoms with E-state index in [2.05, 4.69) is 181 Å². The molecular formula is C48H60Cl2SiZr. The molecule has 0 saturated carbocycles. The Balaban J connectivity index is 0.000000244. The van der Waals surface area contributed by atoms with E-state index in [1.54, 1.807) is 0 Å². The Bertz CT molecular complexity index is 1850. The fourth-order valence-corrected chi connectivity index (χ4v) is 7.15. The molecule has 52 heavy (non-hydrogen) atoms. The number of benzene rings is 4. The van der Waals surface area contributed by atoms with Crippen LogP contribution in [-0.2, 0) is 20.8 Å². The van der Waals surface area contributed by atoms with E-state index in [-0.39, 0.29) is 0 Å². The van der Waals surface area contributed by atoms with Crippen molar-refractivity contribution in [1.82, 2.24) is 0 Å².